The number of para-hydroxylation sites is 1. The van der Waals surface area contributed by atoms with E-state index < -0.39 is 32.5 Å². The number of aryl methyl sites for hydroxylation is 1. The van der Waals surface area contributed by atoms with E-state index in [-0.39, 0.29) is 34.8 Å². The van der Waals surface area contributed by atoms with Crippen molar-refractivity contribution in [2.45, 2.75) is 24.8 Å². The number of primary sulfonamides is 1. The van der Waals surface area contributed by atoms with E-state index >= 15 is 0 Å². The minimum atomic E-state index is -3.96. The Morgan fingerprint density at radius 3 is 2.62 bits per heavy atom. The van der Waals surface area contributed by atoms with E-state index in [9.17, 15) is 28.1 Å². The van der Waals surface area contributed by atoms with Gasteiger partial charge in [0.2, 0.25) is 10.0 Å². The van der Waals surface area contributed by atoms with Crippen LogP contribution in [0.25, 0.3) is 10.2 Å². The molecule has 2 aromatic carbocycles. The Kier molecular flexibility index (Phi) is 6.81. The smallest absolute Gasteiger partial charge is 0.307 e. The normalized spacial score (nSPS) is 12.1. The number of thiazole rings is 1. The van der Waals surface area contributed by atoms with E-state index in [4.69, 9.17) is 9.88 Å². The number of carbonyl (C=O) groups excluding carboxylic acids is 2. The second-order valence-corrected chi connectivity index (χ2v) is 9.03. The average Bonchev–Trinajstić information content (AvgIpc) is 3.07. The van der Waals surface area contributed by atoms with Crippen LogP contribution in [0.4, 0.5) is 5.69 Å². The number of benzene rings is 2. The van der Waals surface area contributed by atoms with Crippen LogP contribution < -0.4 is 9.94 Å². The van der Waals surface area contributed by atoms with E-state index in [1.54, 1.807) is 11.5 Å². The summed E-state index contributed by atoms with van der Waals surface area (Å²) in [6.45, 7) is 1.97. The maximum Gasteiger partial charge on any atom is 0.307 e. The molecule has 13 heteroatoms. The van der Waals surface area contributed by atoms with E-state index in [1.165, 1.54) is 42.5 Å². The number of esters is 1. The van der Waals surface area contributed by atoms with E-state index in [1.807, 2.05) is 0 Å². The van der Waals surface area contributed by atoms with Gasteiger partial charge in [-0.25, -0.2) is 13.6 Å². The second-order valence-electron chi connectivity index (χ2n) is 6.46. The third-order valence-corrected chi connectivity index (χ3v) is 6.31. The molecule has 0 atom stereocenters. The SMILES string of the molecule is CCOC(=O)CCn1c(=NC(=O)c2ccccc2[N+](=O)[O-])sc2cc(S(N)(=O)=O)ccc21. The summed E-state index contributed by atoms with van der Waals surface area (Å²) in [6, 6.07) is 9.53. The van der Waals surface area contributed by atoms with Crippen LogP contribution in [-0.2, 0) is 26.1 Å². The summed E-state index contributed by atoms with van der Waals surface area (Å²) < 4.78 is 30.3. The van der Waals surface area contributed by atoms with Crippen LogP contribution in [0, 0.1) is 10.1 Å². The van der Waals surface area contributed by atoms with Crippen molar-refractivity contribution >= 4 is 49.1 Å². The quantitative estimate of drug-likeness (QED) is 0.308. The first-order valence-electron chi connectivity index (χ1n) is 9.26. The van der Waals surface area contributed by atoms with Crippen molar-refractivity contribution in [2.24, 2.45) is 10.1 Å². The summed E-state index contributed by atoms with van der Waals surface area (Å²) in [4.78, 5) is 39.2. The number of carbonyl (C=O) groups is 2. The van der Waals surface area contributed by atoms with Gasteiger partial charge in [0.1, 0.15) is 5.56 Å². The van der Waals surface area contributed by atoms with Gasteiger partial charge in [-0.2, -0.15) is 4.99 Å². The van der Waals surface area contributed by atoms with Gasteiger partial charge in [0, 0.05) is 12.6 Å². The molecule has 0 aliphatic rings. The van der Waals surface area contributed by atoms with E-state index in [0.717, 1.165) is 11.3 Å². The first kappa shape index (κ1) is 23.2. The molecule has 2 N–H and O–H groups in total. The van der Waals surface area contributed by atoms with Gasteiger partial charge >= 0.3 is 5.97 Å². The van der Waals surface area contributed by atoms with Gasteiger partial charge in [0.25, 0.3) is 11.6 Å². The zero-order valence-corrected chi connectivity index (χ0v) is 18.4. The number of rotatable bonds is 7. The highest BCUT2D eigenvalue weighted by atomic mass is 32.2. The van der Waals surface area contributed by atoms with Gasteiger partial charge in [0.05, 0.1) is 33.1 Å². The number of nitro benzene ring substituents is 1. The molecule has 1 amide bonds. The molecule has 0 saturated heterocycles. The molecule has 0 radical (unpaired) electrons. The minimum absolute atomic E-state index is 0.0243. The molecule has 1 heterocycles. The Bertz CT molecular complexity index is 1390. The number of amides is 1. The molecule has 168 valence electrons. The van der Waals surface area contributed by atoms with Crippen molar-refractivity contribution in [1.82, 2.24) is 4.57 Å². The van der Waals surface area contributed by atoms with Crippen molar-refractivity contribution in [3.8, 4) is 0 Å². The zero-order chi connectivity index (χ0) is 23.5. The van der Waals surface area contributed by atoms with Crippen LogP contribution in [0.3, 0.4) is 0 Å². The van der Waals surface area contributed by atoms with Gasteiger partial charge in [-0.3, -0.25) is 19.7 Å². The Morgan fingerprint density at radius 2 is 1.97 bits per heavy atom. The molecule has 0 saturated carbocycles. The molecule has 0 bridgehead atoms. The van der Waals surface area contributed by atoms with Crippen LogP contribution in [0.15, 0.2) is 52.4 Å². The van der Waals surface area contributed by atoms with E-state index in [0.29, 0.717) is 10.2 Å². The molecule has 0 aliphatic carbocycles. The topological polar surface area (TPSA) is 164 Å². The third kappa shape index (κ3) is 5.07. The molecule has 32 heavy (non-hydrogen) atoms. The van der Waals surface area contributed by atoms with Crippen molar-refractivity contribution in [2.75, 3.05) is 6.61 Å². The van der Waals surface area contributed by atoms with Gasteiger partial charge in [-0.15, -0.1) is 0 Å². The highest BCUT2D eigenvalue weighted by Crippen LogP contribution is 2.23. The largest absolute Gasteiger partial charge is 0.466 e. The highest BCUT2D eigenvalue weighted by molar-refractivity contribution is 7.89. The fraction of sp³-hybridized carbons (Fsp3) is 0.211. The minimum Gasteiger partial charge on any atom is -0.466 e. The Balaban J connectivity index is 2.15. The number of hydrogen-bond donors (Lipinski definition) is 1. The van der Waals surface area contributed by atoms with Gasteiger partial charge < -0.3 is 9.30 Å². The number of fused-ring (bicyclic) bond motifs is 1. The monoisotopic (exact) mass is 478 g/mol. The van der Waals surface area contributed by atoms with Gasteiger partial charge in [0.15, 0.2) is 4.80 Å². The van der Waals surface area contributed by atoms with Crippen molar-refractivity contribution in [3.05, 3.63) is 62.9 Å². The first-order valence-corrected chi connectivity index (χ1v) is 11.6. The first-order chi connectivity index (χ1) is 15.1. The molecule has 0 unspecified atom stereocenters. The van der Waals surface area contributed by atoms with Crippen molar-refractivity contribution < 1.29 is 27.7 Å². The van der Waals surface area contributed by atoms with Gasteiger partial charge in [-0.05, 0) is 31.2 Å². The molecule has 0 spiro atoms. The molecule has 0 aliphatic heterocycles. The highest BCUT2D eigenvalue weighted by Gasteiger charge is 2.20. The lowest BCUT2D eigenvalue weighted by atomic mass is 10.2. The van der Waals surface area contributed by atoms with Crippen LogP contribution in [0.5, 0.6) is 0 Å². The zero-order valence-electron chi connectivity index (χ0n) is 16.8. The predicted octanol–water partition coefficient (Wildman–Crippen LogP) is 1.95. The number of sulfonamides is 1. The lowest BCUT2D eigenvalue weighted by Gasteiger charge is -2.06. The standard InChI is InChI=1S/C19H18N4O7S2/c1-2-30-17(24)9-10-22-15-8-7-12(32(20,28)29)11-16(15)31-19(22)21-18(25)13-5-3-4-6-14(13)23(26)27/h3-8,11H,2,9-10H2,1H3,(H2,20,28,29). The van der Waals surface area contributed by atoms with Crippen LogP contribution in [-0.4, -0.2) is 36.4 Å². The maximum absolute atomic E-state index is 12.7. The lowest BCUT2D eigenvalue weighted by Crippen LogP contribution is -2.20. The Hall–Kier alpha value is -3.42. The van der Waals surface area contributed by atoms with E-state index in [2.05, 4.69) is 4.99 Å². The van der Waals surface area contributed by atoms with Crippen molar-refractivity contribution in [1.29, 1.82) is 0 Å². The van der Waals surface area contributed by atoms with Gasteiger partial charge in [-0.1, -0.05) is 23.5 Å². The third-order valence-electron chi connectivity index (χ3n) is 4.36. The summed E-state index contributed by atoms with van der Waals surface area (Å²) in [5.74, 6) is -1.31. The molecule has 0 fully saturated rings. The second kappa shape index (κ2) is 9.38. The lowest BCUT2D eigenvalue weighted by molar-refractivity contribution is -0.385. The summed E-state index contributed by atoms with van der Waals surface area (Å²) in [5.41, 5.74) is -0.0742. The number of aromatic nitrogens is 1. The number of nitrogens with two attached hydrogens (primary N) is 1. The molecule has 1 aromatic heterocycles. The Labute approximate surface area is 186 Å². The summed E-state index contributed by atoms with van der Waals surface area (Å²) in [5, 5.41) is 16.4. The number of nitrogens with zero attached hydrogens (tertiary/aromatic N) is 3. The molecular weight excluding hydrogens is 460 g/mol. The van der Waals surface area contributed by atoms with Crippen LogP contribution >= 0.6 is 11.3 Å². The van der Waals surface area contributed by atoms with Crippen molar-refractivity contribution in [3.63, 3.8) is 0 Å². The fourth-order valence-electron chi connectivity index (χ4n) is 2.93. The summed E-state index contributed by atoms with van der Waals surface area (Å²) in [7, 11) is -3.96. The van der Waals surface area contributed by atoms with Crippen LogP contribution in [0.1, 0.15) is 23.7 Å². The number of nitro groups is 1. The predicted molar refractivity (Wildman–Crippen MR) is 115 cm³/mol. The number of ether oxygens (including phenoxy) is 1. The summed E-state index contributed by atoms with van der Waals surface area (Å²) in [6.07, 6.45) is -0.0243. The molecular formula is C19H18N4O7S2. The average molecular weight is 479 g/mol. The molecule has 11 nitrogen and oxygen atoms in total. The Morgan fingerprint density at radius 1 is 1.25 bits per heavy atom. The number of hydrogen-bond acceptors (Lipinski definition) is 8. The van der Waals surface area contributed by atoms with Crippen LogP contribution in [0.2, 0.25) is 0 Å². The molecule has 3 aromatic rings. The summed E-state index contributed by atoms with van der Waals surface area (Å²) >= 11 is 0.990. The maximum atomic E-state index is 12.7. The fourth-order valence-corrected chi connectivity index (χ4v) is 4.64. The molecule has 3 rings (SSSR count).